The number of hydrogen-bond donors (Lipinski definition) is 1. The zero-order valence-electron chi connectivity index (χ0n) is 16.9. The largest absolute Gasteiger partial charge is 0.490 e. The molecule has 0 unspecified atom stereocenters. The third-order valence-corrected chi connectivity index (χ3v) is 5.00. The van der Waals surface area contributed by atoms with Gasteiger partial charge in [0.25, 0.3) is 11.8 Å². The van der Waals surface area contributed by atoms with Gasteiger partial charge in [-0.05, 0) is 61.4 Å². The quantitative estimate of drug-likeness (QED) is 0.457. The molecule has 0 radical (unpaired) electrons. The van der Waals surface area contributed by atoms with Crippen LogP contribution in [0.4, 0.5) is 14.9 Å². The molecule has 7 nitrogen and oxygen atoms in total. The lowest BCUT2D eigenvalue weighted by molar-refractivity contribution is -0.122. The molecule has 1 heterocycles. The first-order valence-corrected chi connectivity index (χ1v) is 10.4. The monoisotopic (exact) mass is 490 g/mol. The number of nitrogens with zero attached hydrogens (tertiary/aromatic N) is 1. The number of barbiturate groups is 1. The molecule has 162 valence electrons. The summed E-state index contributed by atoms with van der Waals surface area (Å²) in [6.07, 6.45) is 2.17. The fourth-order valence-corrected chi connectivity index (χ4v) is 3.33. The number of ether oxygens (including phenoxy) is 2. The summed E-state index contributed by atoms with van der Waals surface area (Å²) in [7, 11) is 0. The number of carbonyl (C=O) groups is 3. The van der Waals surface area contributed by atoms with E-state index in [9.17, 15) is 18.8 Å². The highest BCUT2D eigenvalue weighted by atomic mass is 79.9. The highest BCUT2D eigenvalue weighted by Crippen LogP contribution is 2.35. The van der Waals surface area contributed by atoms with E-state index in [4.69, 9.17) is 9.47 Å². The summed E-state index contributed by atoms with van der Waals surface area (Å²) in [6, 6.07) is 7.24. The molecule has 0 atom stereocenters. The minimum atomic E-state index is -0.906. The van der Waals surface area contributed by atoms with Crippen LogP contribution >= 0.6 is 15.9 Å². The van der Waals surface area contributed by atoms with Gasteiger partial charge in [0.05, 0.1) is 18.9 Å². The second-order valence-corrected chi connectivity index (χ2v) is 7.39. The molecule has 1 fully saturated rings. The van der Waals surface area contributed by atoms with Gasteiger partial charge in [-0.25, -0.2) is 14.1 Å². The van der Waals surface area contributed by atoms with Crippen molar-refractivity contribution < 1.29 is 28.2 Å². The molecule has 0 saturated carbocycles. The highest BCUT2D eigenvalue weighted by molar-refractivity contribution is 9.10. The van der Waals surface area contributed by atoms with Crippen molar-refractivity contribution in [2.45, 2.75) is 20.3 Å². The smallest absolute Gasteiger partial charge is 0.335 e. The number of carbonyl (C=O) groups excluding carboxylic acids is 3. The van der Waals surface area contributed by atoms with Gasteiger partial charge < -0.3 is 9.47 Å². The number of hydrogen-bond acceptors (Lipinski definition) is 5. The molecule has 3 rings (SSSR count). The van der Waals surface area contributed by atoms with Crippen LogP contribution in [0, 0.1) is 5.82 Å². The average Bonchev–Trinajstić information content (AvgIpc) is 2.73. The van der Waals surface area contributed by atoms with E-state index in [-0.39, 0.29) is 11.3 Å². The van der Waals surface area contributed by atoms with Crippen molar-refractivity contribution in [2.24, 2.45) is 0 Å². The Hall–Kier alpha value is -3.20. The molecule has 1 aliphatic rings. The van der Waals surface area contributed by atoms with Crippen LogP contribution in [0.2, 0.25) is 0 Å². The predicted octanol–water partition coefficient (Wildman–Crippen LogP) is 4.44. The first-order valence-electron chi connectivity index (χ1n) is 9.61. The zero-order chi connectivity index (χ0) is 22.5. The number of benzene rings is 2. The molecule has 2 aromatic rings. The Bertz CT molecular complexity index is 1050. The Labute approximate surface area is 186 Å². The van der Waals surface area contributed by atoms with Crippen LogP contribution in [0.15, 0.2) is 46.4 Å². The molecule has 4 amide bonds. The molecular weight excluding hydrogens is 471 g/mol. The molecule has 1 aliphatic heterocycles. The number of halogens is 2. The minimum absolute atomic E-state index is 0.139. The van der Waals surface area contributed by atoms with Gasteiger partial charge in [-0.2, -0.15) is 0 Å². The number of nitrogens with one attached hydrogen (secondary N) is 1. The fraction of sp³-hybridized carbons (Fsp3) is 0.227. The third kappa shape index (κ3) is 4.93. The lowest BCUT2D eigenvalue weighted by atomic mass is 10.1. The second-order valence-electron chi connectivity index (χ2n) is 6.54. The lowest BCUT2D eigenvalue weighted by Gasteiger charge is -2.26. The Balaban J connectivity index is 2.01. The molecule has 0 aromatic heterocycles. The number of amides is 4. The topological polar surface area (TPSA) is 84.9 Å². The van der Waals surface area contributed by atoms with Crippen molar-refractivity contribution in [1.82, 2.24) is 5.32 Å². The first-order chi connectivity index (χ1) is 14.8. The van der Waals surface area contributed by atoms with Crippen molar-refractivity contribution in [3.8, 4) is 11.5 Å². The normalized spacial score (nSPS) is 15.3. The molecular formula is C22H20BrFN2O5. The van der Waals surface area contributed by atoms with E-state index in [1.165, 1.54) is 18.2 Å². The van der Waals surface area contributed by atoms with E-state index in [1.807, 2.05) is 13.8 Å². The average molecular weight is 491 g/mol. The summed E-state index contributed by atoms with van der Waals surface area (Å²) in [5, 5.41) is 2.14. The first kappa shape index (κ1) is 22.5. The van der Waals surface area contributed by atoms with E-state index >= 15 is 0 Å². The molecule has 0 bridgehead atoms. The fourth-order valence-electron chi connectivity index (χ4n) is 2.89. The van der Waals surface area contributed by atoms with E-state index in [2.05, 4.69) is 21.2 Å². The molecule has 9 heteroatoms. The van der Waals surface area contributed by atoms with Crippen LogP contribution in [0.5, 0.6) is 11.5 Å². The lowest BCUT2D eigenvalue weighted by Crippen LogP contribution is -2.54. The Kier molecular flexibility index (Phi) is 7.06. The number of urea groups is 1. The van der Waals surface area contributed by atoms with Crippen molar-refractivity contribution in [2.75, 3.05) is 18.1 Å². The van der Waals surface area contributed by atoms with Crippen LogP contribution in [-0.4, -0.2) is 31.1 Å². The summed E-state index contributed by atoms with van der Waals surface area (Å²) < 4.78 is 25.1. The van der Waals surface area contributed by atoms with Gasteiger partial charge in [0.1, 0.15) is 11.4 Å². The van der Waals surface area contributed by atoms with Crippen molar-refractivity contribution in [3.63, 3.8) is 0 Å². The van der Waals surface area contributed by atoms with Crippen molar-refractivity contribution in [1.29, 1.82) is 0 Å². The van der Waals surface area contributed by atoms with E-state index < -0.39 is 23.7 Å². The molecule has 1 N–H and O–H groups in total. The van der Waals surface area contributed by atoms with Gasteiger partial charge in [-0.15, -0.1) is 0 Å². The standard InChI is InChI=1S/C22H20BrFN2O5/c1-3-9-31-19-12-17(23)13(11-18(19)30-4-2)10-16-20(27)25-22(29)26(21(16)28)15-7-5-14(24)6-8-15/h5-8,10-12H,3-4,9H2,1-2H3,(H,25,27,29)/b16-10+. The summed E-state index contributed by atoms with van der Waals surface area (Å²) in [5.41, 5.74) is 0.369. The highest BCUT2D eigenvalue weighted by Gasteiger charge is 2.37. The van der Waals surface area contributed by atoms with Gasteiger partial charge in [-0.3, -0.25) is 14.9 Å². The summed E-state index contributed by atoms with van der Waals surface area (Å²) in [4.78, 5) is 38.4. The number of imide groups is 2. The maximum Gasteiger partial charge on any atom is 0.335 e. The molecule has 31 heavy (non-hydrogen) atoms. The maximum absolute atomic E-state index is 13.2. The van der Waals surface area contributed by atoms with Crippen molar-refractivity contribution in [3.05, 3.63) is 57.8 Å². The van der Waals surface area contributed by atoms with Gasteiger partial charge in [-0.1, -0.05) is 22.9 Å². The van der Waals surface area contributed by atoms with Gasteiger partial charge in [0.2, 0.25) is 0 Å². The summed E-state index contributed by atoms with van der Waals surface area (Å²) in [5.74, 6) is -1.18. The van der Waals surface area contributed by atoms with E-state index in [0.29, 0.717) is 34.7 Å². The Morgan fingerprint density at radius 3 is 2.39 bits per heavy atom. The van der Waals surface area contributed by atoms with Gasteiger partial charge in [0.15, 0.2) is 11.5 Å². The molecule has 1 saturated heterocycles. The number of anilines is 1. The second kappa shape index (κ2) is 9.74. The van der Waals surface area contributed by atoms with Gasteiger partial charge in [0, 0.05) is 4.47 Å². The minimum Gasteiger partial charge on any atom is -0.490 e. The zero-order valence-corrected chi connectivity index (χ0v) is 18.5. The molecule has 0 spiro atoms. The van der Waals surface area contributed by atoms with Gasteiger partial charge >= 0.3 is 6.03 Å². The van der Waals surface area contributed by atoms with Crippen LogP contribution in [0.1, 0.15) is 25.8 Å². The van der Waals surface area contributed by atoms with Crippen LogP contribution < -0.4 is 19.7 Å². The maximum atomic E-state index is 13.2. The summed E-state index contributed by atoms with van der Waals surface area (Å²) >= 11 is 3.43. The SMILES string of the molecule is CCCOc1cc(Br)c(/C=C2\C(=O)NC(=O)N(c3ccc(F)cc3)C2=O)cc1OCC. The van der Waals surface area contributed by atoms with Crippen molar-refractivity contribution >= 4 is 45.5 Å². The Morgan fingerprint density at radius 1 is 1.06 bits per heavy atom. The Morgan fingerprint density at radius 2 is 1.74 bits per heavy atom. The van der Waals surface area contributed by atoms with E-state index in [1.54, 1.807) is 12.1 Å². The molecule has 2 aromatic carbocycles. The third-order valence-electron chi connectivity index (χ3n) is 4.31. The van der Waals surface area contributed by atoms with E-state index in [0.717, 1.165) is 23.5 Å². The van der Waals surface area contributed by atoms with Crippen LogP contribution in [0.3, 0.4) is 0 Å². The summed E-state index contributed by atoms with van der Waals surface area (Å²) in [6.45, 7) is 4.71. The number of rotatable bonds is 7. The van der Waals surface area contributed by atoms with Crippen LogP contribution in [0.25, 0.3) is 6.08 Å². The van der Waals surface area contributed by atoms with Crippen LogP contribution in [-0.2, 0) is 9.59 Å². The molecule has 0 aliphatic carbocycles. The predicted molar refractivity (Wildman–Crippen MR) is 116 cm³/mol.